The SMILES string of the molecule is O=C(O)c1cnoc1CNCC1(O)CCOCC1. The highest BCUT2D eigenvalue weighted by Gasteiger charge is 2.29. The molecule has 0 bridgehead atoms. The number of carboxylic acid groups (broad SMARTS) is 1. The lowest BCUT2D eigenvalue weighted by Crippen LogP contribution is -2.44. The maximum atomic E-state index is 10.8. The van der Waals surface area contributed by atoms with E-state index in [0.717, 1.165) is 0 Å². The van der Waals surface area contributed by atoms with Crippen molar-refractivity contribution in [1.29, 1.82) is 0 Å². The second-order valence-electron chi connectivity index (χ2n) is 4.41. The van der Waals surface area contributed by atoms with Crippen LogP contribution in [0.3, 0.4) is 0 Å². The molecular formula is C11H16N2O5. The summed E-state index contributed by atoms with van der Waals surface area (Å²) in [6, 6.07) is 0. The molecule has 0 amide bonds. The topological polar surface area (TPSA) is 105 Å². The van der Waals surface area contributed by atoms with Crippen molar-refractivity contribution >= 4 is 5.97 Å². The Morgan fingerprint density at radius 2 is 2.22 bits per heavy atom. The molecule has 1 saturated heterocycles. The maximum absolute atomic E-state index is 10.8. The molecule has 2 heterocycles. The van der Waals surface area contributed by atoms with Gasteiger partial charge in [0.2, 0.25) is 0 Å². The van der Waals surface area contributed by atoms with Gasteiger partial charge in [-0.05, 0) is 0 Å². The van der Waals surface area contributed by atoms with Crippen molar-refractivity contribution in [2.45, 2.75) is 25.0 Å². The van der Waals surface area contributed by atoms with Gasteiger partial charge in [-0.25, -0.2) is 4.79 Å². The van der Waals surface area contributed by atoms with Crippen LogP contribution in [0.15, 0.2) is 10.7 Å². The summed E-state index contributed by atoms with van der Waals surface area (Å²) < 4.78 is 10.0. The fraction of sp³-hybridized carbons (Fsp3) is 0.636. The molecule has 7 heteroatoms. The first-order valence-electron chi connectivity index (χ1n) is 5.78. The average Bonchev–Trinajstić information content (AvgIpc) is 2.78. The van der Waals surface area contributed by atoms with Crippen LogP contribution in [-0.4, -0.2) is 46.7 Å². The van der Waals surface area contributed by atoms with Gasteiger partial charge in [0.25, 0.3) is 0 Å². The molecule has 0 atom stereocenters. The van der Waals surface area contributed by atoms with Crippen molar-refractivity contribution < 1.29 is 24.3 Å². The zero-order valence-electron chi connectivity index (χ0n) is 9.89. The Balaban J connectivity index is 1.84. The zero-order valence-corrected chi connectivity index (χ0v) is 9.89. The number of carboxylic acids is 1. The second-order valence-corrected chi connectivity index (χ2v) is 4.41. The van der Waals surface area contributed by atoms with Gasteiger partial charge in [0, 0.05) is 32.6 Å². The Bertz CT molecular complexity index is 411. The van der Waals surface area contributed by atoms with E-state index in [1.165, 1.54) is 6.20 Å². The molecule has 3 N–H and O–H groups in total. The lowest BCUT2D eigenvalue weighted by atomic mass is 9.94. The molecule has 0 radical (unpaired) electrons. The molecule has 2 rings (SSSR count). The minimum Gasteiger partial charge on any atom is -0.478 e. The fourth-order valence-electron chi connectivity index (χ4n) is 1.90. The van der Waals surface area contributed by atoms with E-state index in [1.807, 2.05) is 0 Å². The lowest BCUT2D eigenvalue weighted by molar-refractivity contribution is -0.0618. The smallest absolute Gasteiger partial charge is 0.341 e. The lowest BCUT2D eigenvalue weighted by Gasteiger charge is -2.32. The third kappa shape index (κ3) is 3.06. The Morgan fingerprint density at radius 3 is 2.89 bits per heavy atom. The van der Waals surface area contributed by atoms with Crippen molar-refractivity contribution in [3.63, 3.8) is 0 Å². The second kappa shape index (κ2) is 5.47. The third-order valence-corrected chi connectivity index (χ3v) is 3.04. The van der Waals surface area contributed by atoms with Crippen molar-refractivity contribution in [3.8, 4) is 0 Å². The van der Waals surface area contributed by atoms with Crippen LogP contribution < -0.4 is 5.32 Å². The summed E-state index contributed by atoms with van der Waals surface area (Å²) in [6.07, 6.45) is 2.31. The van der Waals surface area contributed by atoms with Crippen molar-refractivity contribution in [2.75, 3.05) is 19.8 Å². The summed E-state index contributed by atoms with van der Waals surface area (Å²) in [4.78, 5) is 10.8. The number of aromatic carboxylic acids is 1. The molecule has 1 aromatic rings. The van der Waals surface area contributed by atoms with Crippen LogP contribution in [-0.2, 0) is 11.3 Å². The predicted molar refractivity (Wildman–Crippen MR) is 60.2 cm³/mol. The van der Waals surface area contributed by atoms with Crippen LogP contribution in [0, 0.1) is 0 Å². The number of aliphatic hydroxyl groups is 1. The van der Waals surface area contributed by atoms with Gasteiger partial charge in [0.05, 0.1) is 18.3 Å². The summed E-state index contributed by atoms with van der Waals surface area (Å²) in [5.74, 6) is -0.809. The first kappa shape index (κ1) is 13.0. The quantitative estimate of drug-likeness (QED) is 0.681. The molecule has 1 aromatic heterocycles. The fourth-order valence-corrected chi connectivity index (χ4v) is 1.90. The maximum Gasteiger partial charge on any atom is 0.341 e. The molecule has 1 fully saturated rings. The number of hydrogen-bond donors (Lipinski definition) is 3. The minimum absolute atomic E-state index is 0.0430. The molecule has 0 saturated carbocycles. The van der Waals surface area contributed by atoms with Gasteiger partial charge in [-0.15, -0.1) is 0 Å². The molecule has 18 heavy (non-hydrogen) atoms. The van der Waals surface area contributed by atoms with E-state index < -0.39 is 11.6 Å². The normalized spacial score (nSPS) is 18.7. The van der Waals surface area contributed by atoms with Gasteiger partial charge >= 0.3 is 5.97 Å². The standard InChI is InChI=1S/C11H16N2O5/c14-10(15)8-5-13-18-9(8)6-12-7-11(16)1-3-17-4-2-11/h5,12,16H,1-4,6-7H2,(H,14,15). The Hall–Kier alpha value is -1.44. The first-order chi connectivity index (χ1) is 8.61. The van der Waals surface area contributed by atoms with Crippen molar-refractivity contribution in [1.82, 2.24) is 10.5 Å². The van der Waals surface area contributed by atoms with Crippen LogP contribution in [0.25, 0.3) is 0 Å². The Kier molecular flexibility index (Phi) is 3.95. The van der Waals surface area contributed by atoms with Crippen LogP contribution in [0.1, 0.15) is 29.0 Å². The molecule has 100 valence electrons. The van der Waals surface area contributed by atoms with E-state index in [0.29, 0.717) is 32.6 Å². The number of carbonyl (C=O) groups is 1. The van der Waals surface area contributed by atoms with E-state index in [1.54, 1.807) is 0 Å². The highest BCUT2D eigenvalue weighted by molar-refractivity contribution is 5.88. The molecular weight excluding hydrogens is 240 g/mol. The number of ether oxygens (including phenoxy) is 1. The third-order valence-electron chi connectivity index (χ3n) is 3.04. The highest BCUT2D eigenvalue weighted by Crippen LogP contribution is 2.19. The van der Waals surface area contributed by atoms with Crippen LogP contribution >= 0.6 is 0 Å². The average molecular weight is 256 g/mol. The molecule has 7 nitrogen and oxygen atoms in total. The summed E-state index contributed by atoms with van der Waals surface area (Å²) in [7, 11) is 0. The highest BCUT2D eigenvalue weighted by atomic mass is 16.5. The summed E-state index contributed by atoms with van der Waals surface area (Å²) >= 11 is 0. The van der Waals surface area contributed by atoms with Gasteiger partial charge in [0.1, 0.15) is 5.56 Å². The summed E-state index contributed by atoms with van der Waals surface area (Å²) in [5, 5.41) is 25.5. The van der Waals surface area contributed by atoms with Gasteiger partial charge in [-0.3, -0.25) is 0 Å². The van der Waals surface area contributed by atoms with Gasteiger partial charge in [-0.2, -0.15) is 0 Å². The van der Waals surface area contributed by atoms with Gasteiger partial charge in [-0.1, -0.05) is 5.16 Å². The number of nitrogens with zero attached hydrogens (tertiary/aromatic N) is 1. The van der Waals surface area contributed by atoms with Crippen molar-refractivity contribution in [2.24, 2.45) is 0 Å². The first-order valence-corrected chi connectivity index (χ1v) is 5.78. The van der Waals surface area contributed by atoms with Crippen LogP contribution in [0.4, 0.5) is 0 Å². The van der Waals surface area contributed by atoms with Gasteiger partial charge < -0.3 is 24.8 Å². The molecule has 0 spiro atoms. The van der Waals surface area contributed by atoms with Crippen LogP contribution in [0.5, 0.6) is 0 Å². The minimum atomic E-state index is -1.07. The van der Waals surface area contributed by atoms with E-state index in [4.69, 9.17) is 14.4 Å². The number of nitrogens with one attached hydrogen (secondary N) is 1. The summed E-state index contributed by atoms with van der Waals surface area (Å²) in [5.41, 5.74) is -0.747. The molecule has 0 aliphatic carbocycles. The molecule has 0 unspecified atom stereocenters. The van der Waals surface area contributed by atoms with E-state index >= 15 is 0 Å². The number of hydrogen-bond acceptors (Lipinski definition) is 6. The molecule has 1 aliphatic rings. The number of aromatic nitrogens is 1. The molecule has 1 aliphatic heterocycles. The Morgan fingerprint density at radius 1 is 1.50 bits per heavy atom. The van der Waals surface area contributed by atoms with E-state index in [-0.39, 0.29) is 17.9 Å². The van der Waals surface area contributed by atoms with Crippen LogP contribution in [0.2, 0.25) is 0 Å². The zero-order chi connectivity index (χ0) is 13.0. The number of rotatable bonds is 5. The van der Waals surface area contributed by atoms with Gasteiger partial charge in [0.15, 0.2) is 5.76 Å². The summed E-state index contributed by atoms with van der Waals surface area (Å²) in [6.45, 7) is 1.68. The van der Waals surface area contributed by atoms with E-state index in [2.05, 4.69) is 10.5 Å². The Labute approximate surface area is 104 Å². The predicted octanol–water partition coefficient (Wildman–Crippen LogP) is 0.00390. The monoisotopic (exact) mass is 256 g/mol. The largest absolute Gasteiger partial charge is 0.478 e. The molecule has 0 aromatic carbocycles. The van der Waals surface area contributed by atoms with Crippen molar-refractivity contribution in [3.05, 3.63) is 17.5 Å². The van der Waals surface area contributed by atoms with E-state index in [9.17, 15) is 9.90 Å².